The SMILES string of the molecule is C=C(\C=C(C)/C(=C\C)C(=C/c1cnc(NC=O)cc1C)/C(=C/CCC)OC)C(O)CCC. The van der Waals surface area contributed by atoms with Crippen molar-refractivity contribution < 1.29 is 14.6 Å². The molecule has 1 rings (SSSR count). The van der Waals surface area contributed by atoms with Gasteiger partial charge in [-0.15, -0.1) is 0 Å². The summed E-state index contributed by atoms with van der Waals surface area (Å²) in [5.74, 6) is 1.29. The van der Waals surface area contributed by atoms with Gasteiger partial charge in [-0.05, 0) is 79.7 Å². The molecule has 174 valence electrons. The molecule has 0 bridgehead atoms. The summed E-state index contributed by atoms with van der Waals surface area (Å²) < 4.78 is 5.79. The number of nitrogens with zero attached hydrogens (tertiary/aromatic N) is 1. The number of nitrogens with one attached hydrogen (secondary N) is 1. The number of carbonyl (C=O) groups is 1. The van der Waals surface area contributed by atoms with Gasteiger partial charge in [0.25, 0.3) is 0 Å². The Morgan fingerprint density at radius 1 is 1.31 bits per heavy atom. The van der Waals surface area contributed by atoms with E-state index in [0.717, 1.165) is 52.9 Å². The van der Waals surface area contributed by atoms with E-state index in [4.69, 9.17) is 4.74 Å². The zero-order valence-electron chi connectivity index (χ0n) is 20.4. The van der Waals surface area contributed by atoms with Crippen molar-refractivity contribution in [2.75, 3.05) is 12.4 Å². The lowest BCUT2D eigenvalue weighted by Gasteiger charge is -2.18. The number of aryl methyl sites for hydroxylation is 1. The number of anilines is 1. The number of amides is 1. The lowest BCUT2D eigenvalue weighted by atomic mass is 9.92. The average molecular weight is 439 g/mol. The fraction of sp³-hybridized carbons (Fsp3) is 0.407. The Morgan fingerprint density at radius 3 is 2.56 bits per heavy atom. The number of allylic oxidation sites excluding steroid dienone is 4. The molecule has 1 amide bonds. The van der Waals surface area contributed by atoms with Gasteiger partial charge in [0, 0.05) is 11.8 Å². The molecule has 5 heteroatoms. The molecule has 0 saturated carbocycles. The number of pyridine rings is 1. The van der Waals surface area contributed by atoms with Crippen LogP contribution in [0.4, 0.5) is 5.82 Å². The molecule has 1 atom stereocenters. The lowest BCUT2D eigenvalue weighted by molar-refractivity contribution is -0.105. The van der Waals surface area contributed by atoms with E-state index in [9.17, 15) is 9.90 Å². The predicted octanol–water partition coefficient (Wildman–Crippen LogP) is 6.28. The highest BCUT2D eigenvalue weighted by Crippen LogP contribution is 2.31. The largest absolute Gasteiger partial charge is 0.496 e. The number of hydrogen-bond acceptors (Lipinski definition) is 4. The first-order chi connectivity index (χ1) is 15.3. The normalized spacial score (nSPS) is 14.2. The van der Waals surface area contributed by atoms with Crippen LogP contribution in [0.5, 0.6) is 0 Å². The van der Waals surface area contributed by atoms with E-state index in [1.165, 1.54) is 0 Å². The molecule has 1 heterocycles. The molecule has 1 unspecified atom stereocenters. The highest BCUT2D eigenvalue weighted by atomic mass is 16.5. The standard InChI is InChI=1S/C27H38N2O3/c1-8-11-13-26(32-7)24(16-22-17-28-27(29-18-30)15-19(22)4)23(10-3)20(5)14-21(6)25(31)12-9-2/h10,13-18,25,31H,6,8-9,11-12H2,1-5,7H3,(H,28,29,30)/b20-14-,23-10+,24-16-,26-13-. The number of unbranched alkanes of at least 4 members (excludes halogenated alkanes) is 1. The number of carbonyl (C=O) groups excluding carboxylic acids is 1. The highest BCUT2D eigenvalue weighted by Gasteiger charge is 2.15. The molecular formula is C27H38N2O3. The maximum Gasteiger partial charge on any atom is 0.212 e. The molecule has 0 aliphatic heterocycles. The number of hydrogen-bond donors (Lipinski definition) is 2. The first-order valence-electron chi connectivity index (χ1n) is 11.2. The third-order valence-electron chi connectivity index (χ3n) is 5.16. The van der Waals surface area contributed by atoms with E-state index in [1.807, 2.05) is 45.9 Å². The zero-order chi connectivity index (χ0) is 24.1. The minimum absolute atomic E-state index is 0.508. The van der Waals surface area contributed by atoms with Gasteiger partial charge in [0.05, 0.1) is 13.2 Å². The fourth-order valence-corrected chi connectivity index (χ4v) is 3.38. The van der Waals surface area contributed by atoms with Gasteiger partial charge in [0.15, 0.2) is 0 Å². The molecule has 0 aromatic carbocycles. The van der Waals surface area contributed by atoms with Crippen molar-refractivity contribution in [1.82, 2.24) is 4.98 Å². The molecule has 0 fully saturated rings. The smallest absolute Gasteiger partial charge is 0.212 e. The molecule has 0 spiro atoms. The second kappa shape index (κ2) is 14.2. The van der Waals surface area contributed by atoms with Crippen LogP contribution >= 0.6 is 0 Å². The number of methoxy groups -OCH3 is 1. The molecule has 1 aromatic heterocycles. The topological polar surface area (TPSA) is 71.5 Å². The average Bonchev–Trinajstić information content (AvgIpc) is 2.76. The van der Waals surface area contributed by atoms with Crippen molar-refractivity contribution in [3.8, 4) is 0 Å². The van der Waals surface area contributed by atoms with Crippen LogP contribution in [-0.4, -0.2) is 29.7 Å². The Labute approximate surface area is 193 Å². The minimum Gasteiger partial charge on any atom is -0.496 e. The molecule has 0 saturated heterocycles. The van der Waals surface area contributed by atoms with Crippen LogP contribution in [0.3, 0.4) is 0 Å². The molecular weight excluding hydrogens is 400 g/mol. The second-order valence-electron chi connectivity index (χ2n) is 7.72. The Hall–Kier alpha value is -2.92. The van der Waals surface area contributed by atoms with Crippen molar-refractivity contribution in [2.45, 2.75) is 66.4 Å². The van der Waals surface area contributed by atoms with E-state index in [-0.39, 0.29) is 0 Å². The summed E-state index contributed by atoms with van der Waals surface area (Å²) in [6.45, 7) is 14.2. The van der Waals surface area contributed by atoms with Crippen LogP contribution in [0.25, 0.3) is 6.08 Å². The van der Waals surface area contributed by atoms with Crippen LogP contribution in [0.2, 0.25) is 0 Å². The predicted molar refractivity (Wildman–Crippen MR) is 134 cm³/mol. The monoisotopic (exact) mass is 438 g/mol. The van der Waals surface area contributed by atoms with Gasteiger partial charge in [-0.2, -0.15) is 0 Å². The fourth-order valence-electron chi connectivity index (χ4n) is 3.38. The summed E-state index contributed by atoms with van der Waals surface area (Å²) in [5, 5.41) is 12.9. The number of aliphatic hydroxyl groups excluding tert-OH is 1. The van der Waals surface area contributed by atoms with E-state index in [0.29, 0.717) is 24.2 Å². The third-order valence-corrected chi connectivity index (χ3v) is 5.16. The number of aromatic nitrogens is 1. The molecule has 0 radical (unpaired) electrons. The summed E-state index contributed by atoms with van der Waals surface area (Å²) in [7, 11) is 1.67. The quantitative estimate of drug-likeness (QED) is 0.216. The van der Waals surface area contributed by atoms with Gasteiger partial charge < -0.3 is 15.2 Å². The minimum atomic E-state index is -0.553. The summed E-state index contributed by atoms with van der Waals surface area (Å²) in [6, 6.07) is 1.83. The summed E-state index contributed by atoms with van der Waals surface area (Å²) in [5.41, 5.74) is 5.51. The first-order valence-corrected chi connectivity index (χ1v) is 11.2. The lowest BCUT2D eigenvalue weighted by Crippen LogP contribution is -2.08. The second-order valence-corrected chi connectivity index (χ2v) is 7.72. The molecule has 5 nitrogen and oxygen atoms in total. The zero-order valence-corrected chi connectivity index (χ0v) is 20.4. The Kier molecular flexibility index (Phi) is 12.0. The molecule has 0 aliphatic carbocycles. The molecule has 2 N–H and O–H groups in total. The van der Waals surface area contributed by atoms with Crippen LogP contribution < -0.4 is 5.32 Å². The van der Waals surface area contributed by atoms with Crippen LogP contribution in [0.15, 0.2) is 65.1 Å². The van der Waals surface area contributed by atoms with Gasteiger partial charge in [-0.3, -0.25) is 4.79 Å². The summed E-state index contributed by atoms with van der Waals surface area (Å²) >= 11 is 0. The van der Waals surface area contributed by atoms with Crippen molar-refractivity contribution in [2.24, 2.45) is 0 Å². The molecule has 32 heavy (non-hydrogen) atoms. The summed E-state index contributed by atoms with van der Waals surface area (Å²) in [4.78, 5) is 15.1. The van der Waals surface area contributed by atoms with Gasteiger partial charge in [0.2, 0.25) is 6.41 Å². The van der Waals surface area contributed by atoms with Crippen molar-refractivity contribution in [3.05, 3.63) is 76.2 Å². The van der Waals surface area contributed by atoms with Crippen molar-refractivity contribution in [1.29, 1.82) is 0 Å². The van der Waals surface area contributed by atoms with Gasteiger partial charge in [-0.25, -0.2) is 4.98 Å². The van der Waals surface area contributed by atoms with Crippen LogP contribution in [0, 0.1) is 6.92 Å². The summed E-state index contributed by atoms with van der Waals surface area (Å²) in [6.07, 6.45) is 13.4. The number of rotatable bonds is 13. The van der Waals surface area contributed by atoms with Crippen molar-refractivity contribution >= 4 is 18.3 Å². The van der Waals surface area contributed by atoms with Gasteiger partial charge >= 0.3 is 0 Å². The number of aliphatic hydroxyl groups is 1. The Bertz CT molecular complexity index is 907. The van der Waals surface area contributed by atoms with E-state index < -0.39 is 6.10 Å². The highest BCUT2D eigenvalue weighted by molar-refractivity contribution is 5.72. The van der Waals surface area contributed by atoms with Crippen molar-refractivity contribution in [3.63, 3.8) is 0 Å². The first kappa shape index (κ1) is 27.1. The molecule has 0 aliphatic rings. The van der Waals surface area contributed by atoms with Gasteiger partial charge in [-0.1, -0.05) is 45.4 Å². The Morgan fingerprint density at radius 2 is 2.03 bits per heavy atom. The van der Waals surface area contributed by atoms with E-state index in [1.54, 1.807) is 13.3 Å². The number of ether oxygens (including phenoxy) is 1. The van der Waals surface area contributed by atoms with Crippen LogP contribution in [0.1, 0.15) is 64.5 Å². The van der Waals surface area contributed by atoms with Gasteiger partial charge in [0.1, 0.15) is 11.6 Å². The van der Waals surface area contributed by atoms with E-state index in [2.05, 4.69) is 36.0 Å². The maximum atomic E-state index is 10.7. The Balaban J connectivity index is 3.57. The van der Waals surface area contributed by atoms with E-state index >= 15 is 0 Å². The maximum absolute atomic E-state index is 10.7. The van der Waals surface area contributed by atoms with Crippen LogP contribution in [-0.2, 0) is 9.53 Å². The molecule has 1 aromatic rings. The third kappa shape index (κ3) is 7.97.